The lowest BCUT2D eigenvalue weighted by atomic mass is 10.2. The molecule has 4 N–H and O–H groups in total. The van der Waals surface area contributed by atoms with Gasteiger partial charge < -0.3 is 21.1 Å². The van der Waals surface area contributed by atoms with E-state index in [2.05, 4.69) is 0 Å². The standard InChI is InChI=1S/C12H15N3O3S/c1-15(6-10(13)16)11(17)7-18-9-4-2-8(3-5-9)12(14)19/h2-5H,6-7H2,1H3,(H2,13,16)(H2,14,19). The third-order valence-corrected chi connectivity index (χ3v) is 2.56. The first kappa shape index (κ1) is 14.9. The number of amides is 2. The van der Waals surface area contributed by atoms with Gasteiger partial charge in [0.2, 0.25) is 5.91 Å². The molecular weight excluding hydrogens is 266 g/mol. The lowest BCUT2D eigenvalue weighted by Gasteiger charge is -2.15. The maximum absolute atomic E-state index is 11.6. The molecule has 0 saturated heterocycles. The molecule has 0 spiro atoms. The van der Waals surface area contributed by atoms with Gasteiger partial charge in [-0.15, -0.1) is 0 Å². The van der Waals surface area contributed by atoms with Crippen molar-refractivity contribution in [3.63, 3.8) is 0 Å². The number of likely N-dealkylation sites (N-methyl/N-ethyl adjacent to an activating group) is 1. The fourth-order valence-corrected chi connectivity index (χ4v) is 1.43. The quantitative estimate of drug-likeness (QED) is 0.694. The van der Waals surface area contributed by atoms with Crippen LogP contribution < -0.4 is 16.2 Å². The summed E-state index contributed by atoms with van der Waals surface area (Å²) in [5.41, 5.74) is 11.2. The molecule has 0 aliphatic rings. The Kier molecular flexibility index (Phi) is 5.25. The largest absolute Gasteiger partial charge is 0.484 e. The van der Waals surface area contributed by atoms with E-state index in [0.717, 1.165) is 5.56 Å². The lowest BCUT2D eigenvalue weighted by molar-refractivity contribution is -0.135. The average Bonchev–Trinajstić information content (AvgIpc) is 2.35. The van der Waals surface area contributed by atoms with Gasteiger partial charge in [-0.2, -0.15) is 0 Å². The number of hydrogen-bond acceptors (Lipinski definition) is 4. The predicted octanol–water partition coefficient (Wildman–Crippen LogP) is -0.357. The molecule has 0 fully saturated rings. The molecule has 1 rings (SSSR count). The number of ether oxygens (including phenoxy) is 1. The van der Waals surface area contributed by atoms with Gasteiger partial charge in [0.15, 0.2) is 6.61 Å². The van der Waals surface area contributed by atoms with E-state index in [1.165, 1.54) is 11.9 Å². The highest BCUT2D eigenvalue weighted by molar-refractivity contribution is 7.80. The van der Waals surface area contributed by atoms with Crippen molar-refractivity contribution in [3.05, 3.63) is 29.8 Å². The zero-order valence-corrected chi connectivity index (χ0v) is 11.3. The van der Waals surface area contributed by atoms with E-state index in [-0.39, 0.29) is 19.1 Å². The van der Waals surface area contributed by atoms with Gasteiger partial charge in [-0.1, -0.05) is 12.2 Å². The monoisotopic (exact) mass is 281 g/mol. The van der Waals surface area contributed by atoms with Crippen LogP contribution in [0.1, 0.15) is 5.56 Å². The van der Waals surface area contributed by atoms with E-state index in [1.54, 1.807) is 24.3 Å². The second kappa shape index (κ2) is 6.69. The Morgan fingerprint density at radius 1 is 1.26 bits per heavy atom. The fourth-order valence-electron chi connectivity index (χ4n) is 1.29. The Balaban J connectivity index is 2.50. The normalized spacial score (nSPS) is 9.74. The number of carbonyl (C=O) groups is 2. The minimum atomic E-state index is -0.573. The summed E-state index contributed by atoms with van der Waals surface area (Å²) in [4.78, 5) is 23.7. The SMILES string of the molecule is CN(CC(N)=O)C(=O)COc1ccc(C(N)=S)cc1. The molecule has 0 radical (unpaired) electrons. The van der Waals surface area contributed by atoms with E-state index in [0.29, 0.717) is 10.7 Å². The summed E-state index contributed by atoms with van der Waals surface area (Å²) in [5.74, 6) is -0.394. The van der Waals surface area contributed by atoms with Gasteiger partial charge in [0.1, 0.15) is 10.7 Å². The minimum absolute atomic E-state index is 0.136. The smallest absolute Gasteiger partial charge is 0.260 e. The average molecular weight is 281 g/mol. The number of rotatable bonds is 6. The third kappa shape index (κ3) is 4.92. The second-order valence-corrected chi connectivity index (χ2v) is 4.33. The Hall–Kier alpha value is -2.15. The first-order valence-corrected chi connectivity index (χ1v) is 5.86. The van der Waals surface area contributed by atoms with Gasteiger partial charge in [0.05, 0.1) is 6.54 Å². The van der Waals surface area contributed by atoms with Crippen LogP contribution in [0, 0.1) is 0 Å². The summed E-state index contributed by atoms with van der Waals surface area (Å²) in [6.07, 6.45) is 0. The van der Waals surface area contributed by atoms with Crippen LogP contribution in [0.15, 0.2) is 24.3 Å². The molecule has 2 amide bonds. The van der Waals surface area contributed by atoms with E-state index >= 15 is 0 Å². The number of hydrogen-bond donors (Lipinski definition) is 2. The van der Waals surface area contributed by atoms with E-state index in [1.807, 2.05) is 0 Å². The fraction of sp³-hybridized carbons (Fsp3) is 0.250. The summed E-state index contributed by atoms with van der Waals surface area (Å²) in [5, 5.41) is 0. The molecular formula is C12H15N3O3S. The van der Waals surface area contributed by atoms with E-state index < -0.39 is 5.91 Å². The van der Waals surface area contributed by atoms with Gasteiger partial charge >= 0.3 is 0 Å². The van der Waals surface area contributed by atoms with Gasteiger partial charge in [0, 0.05) is 12.6 Å². The molecule has 0 bridgehead atoms. The van der Waals surface area contributed by atoms with Gasteiger partial charge in [-0.3, -0.25) is 9.59 Å². The first-order chi connectivity index (χ1) is 8.90. The minimum Gasteiger partial charge on any atom is -0.484 e. The summed E-state index contributed by atoms with van der Waals surface area (Å²) in [7, 11) is 1.48. The van der Waals surface area contributed by atoms with Crippen LogP contribution in [0.25, 0.3) is 0 Å². The maximum atomic E-state index is 11.6. The summed E-state index contributed by atoms with van der Waals surface area (Å²) in [6.45, 7) is -0.307. The van der Waals surface area contributed by atoms with Crippen LogP contribution in [0.3, 0.4) is 0 Å². The van der Waals surface area contributed by atoms with E-state index in [4.69, 9.17) is 28.4 Å². The molecule has 6 nitrogen and oxygen atoms in total. The highest BCUT2D eigenvalue weighted by atomic mass is 32.1. The summed E-state index contributed by atoms with van der Waals surface area (Å²) in [6, 6.07) is 6.73. The zero-order chi connectivity index (χ0) is 14.4. The van der Waals surface area contributed by atoms with Crippen molar-refractivity contribution in [2.75, 3.05) is 20.2 Å². The van der Waals surface area contributed by atoms with Gasteiger partial charge in [0.25, 0.3) is 5.91 Å². The van der Waals surface area contributed by atoms with Crippen LogP contribution >= 0.6 is 12.2 Å². The van der Waals surface area contributed by atoms with Crippen molar-refractivity contribution in [1.82, 2.24) is 4.90 Å². The molecule has 0 atom stereocenters. The van der Waals surface area contributed by atoms with Crippen molar-refractivity contribution in [2.45, 2.75) is 0 Å². The molecule has 7 heteroatoms. The molecule has 0 unspecified atom stereocenters. The first-order valence-electron chi connectivity index (χ1n) is 5.45. The topological polar surface area (TPSA) is 98.6 Å². The molecule has 102 valence electrons. The Labute approximate surface area is 116 Å². The van der Waals surface area contributed by atoms with Crippen LogP contribution in [0.5, 0.6) is 5.75 Å². The van der Waals surface area contributed by atoms with Gasteiger partial charge in [-0.05, 0) is 24.3 Å². The van der Waals surface area contributed by atoms with Crippen LogP contribution in [0.2, 0.25) is 0 Å². The van der Waals surface area contributed by atoms with Crippen molar-refractivity contribution in [2.24, 2.45) is 11.5 Å². The molecule has 0 aromatic heterocycles. The maximum Gasteiger partial charge on any atom is 0.260 e. The molecule has 0 aliphatic heterocycles. The zero-order valence-electron chi connectivity index (χ0n) is 10.5. The summed E-state index contributed by atoms with van der Waals surface area (Å²) < 4.78 is 5.28. The Bertz CT molecular complexity index is 487. The molecule has 0 saturated carbocycles. The van der Waals surface area contributed by atoms with Crippen molar-refractivity contribution >= 4 is 29.0 Å². The van der Waals surface area contributed by atoms with Crippen molar-refractivity contribution in [3.8, 4) is 5.75 Å². The Morgan fingerprint density at radius 3 is 2.32 bits per heavy atom. The third-order valence-electron chi connectivity index (χ3n) is 2.32. The predicted molar refractivity (Wildman–Crippen MR) is 74.7 cm³/mol. The lowest BCUT2D eigenvalue weighted by Crippen LogP contribution is -2.38. The number of primary amides is 1. The number of thiocarbonyl (C=S) groups is 1. The van der Waals surface area contributed by atoms with Crippen LogP contribution in [0.4, 0.5) is 0 Å². The highest BCUT2D eigenvalue weighted by Crippen LogP contribution is 2.12. The van der Waals surface area contributed by atoms with E-state index in [9.17, 15) is 9.59 Å². The molecule has 19 heavy (non-hydrogen) atoms. The Morgan fingerprint density at radius 2 is 1.84 bits per heavy atom. The molecule has 0 aliphatic carbocycles. The second-order valence-electron chi connectivity index (χ2n) is 3.89. The molecule has 0 heterocycles. The van der Waals surface area contributed by atoms with Crippen LogP contribution in [-0.2, 0) is 9.59 Å². The summed E-state index contributed by atoms with van der Waals surface area (Å²) >= 11 is 4.82. The number of nitrogens with two attached hydrogens (primary N) is 2. The number of nitrogens with zero attached hydrogens (tertiary/aromatic N) is 1. The molecule has 1 aromatic rings. The van der Waals surface area contributed by atoms with Crippen molar-refractivity contribution < 1.29 is 14.3 Å². The number of benzene rings is 1. The number of carbonyl (C=O) groups excluding carboxylic acids is 2. The van der Waals surface area contributed by atoms with Crippen LogP contribution in [-0.4, -0.2) is 41.9 Å². The molecule has 1 aromatic carbocycles. The van der Waals surface area contributed by atoms with Gasteiger partial charge in [-0.25, -0.2) is 0 Å². The highest BCUT2D eigenvalue weighted by Gasteiger charge is 2.11. The van der Waals surface area contributed by atoms with Crippen molar-refractivity contribution in [1.29, 1.82) is 0 Å².